The summed E-state index contributed by atoms with van der Waals surface area (Å²) in [7, 11) is 0. The Bertz CT molecular complexity index is 838. The van der Waals surface area contributed by atoms with Crippen LogP contribution in [0.3, 0.4) is 0 Å². The molecule has 1 aliphatic heterocycles. The van der Waals surface area contributed by atoms with Gasteiger partial charge in [0.05, 0.1) is 5.52 Å². The van der Waals surface area contributed by atoms with Crippen LogP contribution in [0.15, 0.2) is 46.9 Å². The Labute approximate surface area is 142 Å². The van der Waals surface area contributed by atoms with Crippen LogP contribution in [0, 0.1) is 5.82 Å². The van der Waals surface area contributed by atoms with E-state index in [1.165, 1.54) is 12.1 Å². The van der Waals surface area contributed by atoms with Crippen LogP contribution in [0.2, 0.25) is 0 Å². The predicted octanol–water partition coefficient (Wildman–Crippen LogP) is 5.30. The Kier molecular flexibility index (Phi) is 3.91. The molecule has 0 amide bonds. The van der Waals surface area contributed by atoms with Gasteiger partial charge in [0.15, 0.2) is 6.23 Å². The van der Waals surface area contributed by atoms with E-state index in [-0.39, 0.29) is 12.0 Å². The number of rotatable bonds is 2. The molecule has 118 valence electrons. The zero-order valence-corrected chi connectivity index (χ0v) is 14.1. The van der Waals surface area contributed by atoms with E-state index in [4.69, 9.17) is 9.84 Å². The smallest absolute Gasteiger partial charge is 0.150 e. The van der Waals surface area contributed by atoms with Gasteiger partial charge in [-0.1, -0.05) is 15.9 Å². The third-order valence-corrected chi connectivity index (χ3v) is 4.71. The van der Waals surface area contributed by atoms with E-state index in [0.717, 1.165) is 52.5 Å². The van der Waals surface area contributed by atoms with E-state index in [0.29, 0.717) is 0 Å². The molecule has 0 aliphatic carbocycles. The lowest BCUT2D eigenvalue weighted by Crippen LogP contribution is -2.19. The Hall–Kier alpha value is -1.72. The second-order valence-electron chi connectivity index (χ2n) is 5.78. The van der Waals surface area contributed by atoms with Crippen molar-refractivity contribution in [2.24, 2.45) is 0 Å². The molecule has 4 rings (SSSR count). The summed E-state index contributed by atoms with van der Waals surface area (Å²) in [5.74, 6) is -0.241. The van der Waals surface area contributed by atoms with Gasteiger partial charge in [-0.2, -0.15) is 5.10 Å². The fourth-order valence-electron chi connectivity index (χ4n) is 3.07. The van der Waals surface area contributed by atoms with Gasteiger partial charge in [0.25, 0.3) is 0 Å². The van der Waals surface area contributed by atoms with Gasteiger partial charge in [-0.05, 0) is 61.7 Å². The molecule has 0 radical (unpaired) electrons. The molecule has 0 bridgehead atoms. The summed E-state index contributed by atoms with van der Waals surface area (Å²) < 4.78 is 22.1. The van der Waals surface area contributed by atoms with Crippen LogP contribution in [0.25, 0.3) is 22.2 Å². The zero-order chi connectivity index (χ0) is 15.8. The number of ether oxygens (including phenoxy) is 1. The highest BCUT2D eigenvalue weighted by molar-refractivity contribution is 9.10. The predicted molar refractivity (Wildman–Crippen MR) is 91.7 cm³/mol. The van der Waals surface area contributed by atoms with Crippen LogP contribution in [-0.2, 0) is 4.74 Å². The van der Waals surface area contributed by atoms with E-state index in [1.54, 1.807) is 12.1 Å². The normalized spacial score (nSPS) is 18.4. The number of hydrogen-bond donors (Lipinski definition) is 0. The van der Waals surface area contributed by atoms with Gasteiger partial charge in [0.2, 0.25) is 0 Å². The average molecular weight is 375 g/mol. The molecule has 23 heavy (non-hydrogen) atoms. The first kappa shape index (κ1) is 14.8. The summed E-state index contributed by atoms with van der Waals surface area (Å²) in [4.78, 5) is 0. The van der Waals surface area contributed by atoms with Crippen LogP contribution in [0.4, 0.5) is 4.39 Å². The van der Waals surface area contributed by atoms with Crippen molar-refractivity contribution in [3.05, 3.63) is 52.8 Å². The molecule has 1 aromatic heterocycles. The van der Waals surface area contributed by atoms with Crippen LogP contribution >= 0.6 is 15.9 Å². The number of aromatic nitrogens is 2. The molecule has 2 aromatic carbocycles. The van der Waals surface area contributed by atoms with E-state index < -0.39 is 0 Å². The zero-order valence-electron chi connectivity index (χ0n) is 12.5. The van der Waals surface area contributed by atoms with Gasteiger partial charge in [0.1, 0.15) is 11.5 Å². The quantitative estimate of drug-likeness (QED) is 0.608. The van der Waals surface area contributed by atoms with Crippen molar-refractivity contribution in [1.82, 2.24) is 9.78 Å². The third-order valence-electron chi connectivity index (χ3n) is 4.21. The van der Waals surface area contributed by atoms with Gasteiger partial charge in [-0.15, -0.1) is 0 Å². The molecule has 3 nitrogen and oxygen atoms in total. The summed E-state index contributed by atoms with van der Waals surface area (Å²) in [6, 6.07) is 12.6. The molecule has 0 spiro atoms. The first-order chi connectivity index (χ1) is 11.2. The second-order valence-corrected chi connectivity index (χ2v) is 6.70. The topological polar surface area (TPSA) is 27.1 Å². The van der Waals surface area contributed by atoms with Crippen LogP contribution in [0.1, 0.15) is 25.5 Å². The molecule has 1 fully saturated rings. The molecule has 0 unspecified atom stereocenters. The molecule has 0 saturated carbocycles. The lowest BCUT2D eigenvalue weighted by atomic mass is 10.1. The standard InChI is InChI=1S/C18H16BrFN2O/c19-13-6-9-16-15(11-13)18(12-4-7-14(20)8-5-12)21-22(16)17-3-1-2-10-23-17/h4-9,11,17H,1-3,10H2/t17-/m1/s1. The fourth-order valence-corrected chi connectivity index (χ4v) is 3.43. The van der Waals surface area contributed by atoms with E-state index in [9.17, 15) is 4.39 Å². The number of benzene rings is 2. The van der Waals surface area contributed by atoms with Crippen molar-refractivity contribution in [2.75, 3.05) is 6.61 Å². The molecule has 5 heteroatoms. The SMILES string of the molecule is Fc1ccc(-c2nn([C@H]3CCCCO3)c3ccc(Br)cc23)cc1. The third kappa shape index (κ3) is 2.79. The van der Waals surface area contributed by atoms with Gasteiger partial charge in [-0.3, -0.25) is 0 Å². The maximum Gasteiger partial charge on any atom is 0.150 e. The van der Waals surface area contributed by atoms with Crippen molar-refractivity contribution in [3.63, 3.8) is 0 Å². The summed E-state index contributed by atoms with van der Waals surface area (Å²) >= 11 is 3.53. The van der Waals surface area contributed by atoms with Gasteiger partial charge in [0, 0.05) is 22.0 Å². The van der Waals surface area contributed by atoms with Crippen LogP contribution in [0.5, 0.6) is 0 Å². The number of fused-ring (bicyclic) bond motifs is 1. The molecule has 3 aromatic rings. The maximum absolute atomic E-state index is 13.2. The van der Waals surface area contributed by atoms with Crippen molar-refractivity contribution < 1.29 is 9.13 Å². The minimum atomic E-state index is -0.241. The van der Waals surface area contributed by atoms with E-state index in [1.807, 2.05) is 10.7 Å². The van der Waals surface area contributed by atoms with Gasteiger partial charge >= 0.3 is 0 Å². The van der Waals surface area contributed by atoms with E-state index >= 15 is 0 Å². The summed E-state index contributed by atoms with van der Waals surface area (Å²) in [5.41, 5.74) is 2.80. The van der Waals surface area contributed by atoms with Crippen LogP contribution < -0.4 is 0 Å². The second kappa shape index (κ2) is 6.06. The summed E-state index contributed by atoms with van der Waals surface area (Å²) in [6.07, 6.45) is 3.19. The molecule has 2 heterocycles. The highest BCUT2D eigenvalue weighted by Gasteiger charge is 2.21. The minimum absolute atomic E-state index is 0.0263. The van der Waals surface area contributed by atoms with Gasteiger partial charge < -0.3 is 4.74 Å². The highest BCUT2D eigenvalue weighted by atomic mass is 79.9. The number of halogens is 2. The van der Waals surface area contributed by atoms with E-state index in [2.05, 4.69) is 28.1 Å². The minimum Gasteiger partial charge on any atom is -0.356 e. The van der Waals surface area contributed by atoms with Crippen molar-refractivity contribution in [1.29, 1.82) is 0 Å². The Morgan fingerprint density at radius 2 is 1.96 bits per heavy atom. The van der Waals surface area contributed by atoms with Crippen molar-refractivity contribution in [3.8, 4) is 11.3 Å². The first-order valence-corrected chi connectivity index (χ1v) is 8.57. The highest BCUT2D eigenvalue weighted by Crippen LogP contribution is 2.34. The molecular formula is C18H16BrFN2O. The fraction of sp³-hybridized carbons (Fsp3) is 0.278. The largest absolute Gasteiger partial charge is 0.356 e. The molecule has 1 aliphatic rings. The lowest BCUT2D eigenvalue weighted by Gasteiger charge is -2.23. The van der Waals surface area contributed by atoms with Crippen molar-refractivity contribution >= 4 is 26.8 Å². The monoisotopic (exact) mass is 374 g/mol. The van der Waals surface area contributed by atoms with Crippen LogP contribution in [-0.4, -0.2) is 16.4 Å². The molecular weight excluding hydrogens is 359 g/mol. The number of nitrogens with zero attached hydrogens (tertiary/aromatic N) is 2. The average Bonchev–Trinajstić information content (AvgIpc) is 2.95. The molecule has 1 atom stereocenters. The molecule has 1 saturated heterocycles. The summed E-state index contributed by atoms with van der Waals surface area (Å²) in [5, 5.41) is 5.84. The van der Waals surface area contributed by atoms with Crippen molar-refractivity contribution in [2.45, 2.75) is 25.5 Å². The summed E-state index contributed by atoms with van der Waals surface area (Å²) in [6.45, 7) is 0.772. The lowest BCUT2D eigenvalue weighted by molar-refractivity contribution is -0.0365. The first-order valence-electron chi connectivity index (χ1n) is 7.78. The maximum atomic E-state index is 13.2. The number of hydrogen-bond acceptors (Lipinski definition) is 2. The molecule has 0 N–H and O–H groups in total. The van der Waals surface area contributed by atoms with Gasteiger partial charge in [-0.25, -0.2) is 9.07 Å². The Morgan fingerprint density at radius 3 is 2.70 bits per heavy atom. The Balaban J connectivity index is 1.89. The Morgan fingerprint density at radius 1 is 1.13 bits per heavy atom.